The van der Waals surface area contributed by atoms with Gasteiger partial charge in [0.1, 0.15) is 11.6 Å². The predicted octanol–water partition coefficient (Wildman–Crippen LogP) is 3.72. The molecule has 0 spiro atoms. The van der Waals surface area contributed by atoms with Gasteiger partial charge in [0.15, 0.2) is 0 Å². The van der Waals surface area contributed by atoms with Crippen LogP contribution >= 0.6 is 0 Å². The third-order valence-electron chi connectivity index (χ3n) is 3.13. The number of nitrogens with zero attached hydrogens (tertiary/aromatic N) is 1. The minimum absolute atomic E-state index is 0.0245. The number of anilines is 1. The molecule has 0 unspecified atom stereocenters. The molecule has 6 heteroatoms. The molecule has 0 aliphatic heterocycles. The minimum atomic E-state index is -0.443. The predicted molar refractivity (Wildman–Crippen MR) is 86.9 cm³/mol. The number of ether oxygens (including phenoxy) is 1. The molecule has 0 fully saturated rings. The van der Waals surface area contributed by atoms with Crippen LogP contribution in [0.3, 0.4) is 0 Å². The Morgan fingerprint density at radius 1 is 1.26 bits per heavy atom. The van der Waals surface area contributed by atoms with E-state index in [1.165, 1.54) is 18.3 Å². The highest BCUT2D eigenvalue weighted by Gasteiger charge is 2.06. The summed E-state index contributed by atoms with van der Waals surface area (Å²) in [7, 11) is 0. The Morgan fingerprint density at radius 3 is 2.74 bits per heavy atom. The normalized spacial score (nSPS) is 10.2. The highest BCUT2D eigenvalue weighted by Crippen LogP contribution is 2.16. The molecule has 2 aromatic rings. The number of rotatable bonds is 7. The van der Waals surface area contributed by atoms with Crippen molar-refractivity contribution < 1.29 is 13.9 Å². The highest BCUT2D eigenvalue weighted by molar-refractivity contribution is 5.89. The van der Waals surface area contributed by atoms with Gasteiger partial charge in [-0.1, -0.05) is 13.3 Å². The van der Waals surface area contributed by atoms with Gasteiger partial charge in [-0.15, -0.1) is 0 Å². The van der Waals surface area contributed by atoms with Gasteiger partial charge in [0, 0.05) is 11.9 Å². The molecular weight excluding hydrogens is 297 g/mol. The zero-order valence-corrected chi connectivity index (χ0v) is 13.0. The summed E-state index contributed by atoms with van der Waals surface area (Å²) in [6, 6.07) is 9.48. The monoisotopic (exact) mass is 317 g/mol. The number of aromatic nitrogens is 1. The van der Waals surface area contributed by atoms with Crippen molar-refractivity contribution in [3.05, 3.63) is 54.1 Å². The van der Waals surface area contributed by atoms with Crippen molar-refractivity contribution >= 4 is 11.7 Å². The second kappa shape index (κ2) is 8.73. The van der Waals surface area contributed by atoms with Gasteiger partial charge in [-0.25, -0.2) is 9.18 Å². The Balaban J connectivity index is 1.80. The number of carbonyl (C=O) groups is 1. The van der Waals surface area contributed by atoms with Crippen LogP contribution in [0.2, 0.25) is 0 Å². The van der Waals surface area contributed by atoms with Gasteiger partial charge in [0.05, 0.1) is 18.8 Å². The van der Waals surface area contributed by atoms with Crippen molar-refractivity contribution in [2.24, 2.45) is 0 Å². The van der Waals surface area contributed by atoms with Gasteiger partial charge in [0.2, 0.25) is 0 Å². The summed E-state index contributed by atoms with van der Waals surface area (Å²) in [5.41, 5.74) is 0.828. The van der Waals surface area contributed by atoms with Crippen LogP contribution in [-0.2, 0) is 6.54 Å². The molecule has 122 valence electrons. The molecule has 2 amide bonds. The van der Waals surface area contributed by atoms with Gasteiger partial charge < -0.3 is 15.4 Å². The van der Waals surface area contributed by atoms with Crippen LogP contribution in [-0.4, -0.2) is 17.6 Å². The van der Waals surface area contributed by atoms with Crippen molar-refractivity contribution in [3.63, 3.8) is 0 Å². The van der Waals surface area contributed by atoms with Crippen molar-refractivity contribution in [2.45, 2.75) is 26.3 Å². The molecule has 1 heterocycles. The standard InChI is InChI=1S/C17H20FN3O2/c1-2-3-11-23-14-8-6-13(7-9-14)21-17(22)20-12-16-15(18)5-4-10-19-16/h4-10H,2-3,11-12H2,1H3,(H2,20,21,22). The first-order valence-electron chi connectivity index (χ1n) is 7.56. The van der Waals surface area contributed by atoms with E-state index in [1.54, 1.807) is 24.3 Å². The number of pyridine rings is 1. The number of hydrogen-bond donors (Lipinski definition) is 2. The number of amides is 2. The zero-order chi connectivity index (χ0) is 16.5. The third-order valence-corrected chi connectivity index (χ3v) is 3.13. The van der Waals surface area contributed by atoms with Crippen molar-refractivity contribution in [1.29, 1.82) is 0 Å². The van der Waals surface area contributed by atoms with Gasteiger partial charge in [-0.05, 0) is 42.8 Å². The van der Waals surface area contributed by atoms with Crippen LogP contribution in [0.4, 0.5) is 14.9 Å². The molecule has 0 saturated heterocycles. The number of carbonyl (C=O) groups excluding carboxylic acids is 1. The quantitative estimate of drug-likeness (QED) is 0.765. The molecule has 2 rings (SSSR count). The lowest BCUT2D eigenvalue weighted by Gasteiger charge is -2.09. The van der Waals surface area contributed by atoms with E-state index in [4.69, 9.17) is 4.74 Å². The number of unbranched alkanes of at least 4 members (excludes halogenated alkanes) is 1. The van der Waals surface area contributed by atoms with Gasteiger partial charge >= 0.3 is 6.03 Å². The zero-order valence-electron chi connectivity index (χ0n) is 13.0. The lowest BCUT2D eigenvalue weighted by molar-refractivity contribution is 0.251. The summed E-state index contributed by atoms with van der Waals surface area (Å²) in [5.74, 6) is 0.321. The Bertz CT molecular complexity index is 632. The summed E-state index contributed by atoms with van der Waals surface area (Å²) in [5, 5.41) is 5.23. The van der Waals surface area contributed by atoms with E-state index in [2.05, 4.69) is 22.5 Å². The van der Waals surface area contributed by atoms with Crippen LogP contribution in [0.1, 0.15) is 25.5 Å². The summed E-state index contributed by atoms with van der Waals surface area (Å²) >= 11 is 0. The second-order valence-corrected chi connectivity index (χ2v) is 4.97. The average molecular weight is 317 g/mol. The molecule has 1 aromatic heterocycles. The largest absolute Gasteiger partial charge is 0.494 e. The minimum Gasteiger partial charge on any atom is -0.494 e. The summed E-state index contributed by atoms with van der Waals surface area (Å²) in [6.07, 6.45) is 3.57. The molecule has 23 heavy (non-hydrogen) atoms. The molecule has 0 bridgehead atoms. The van der Waals surface area contributed by atoms with Gasteiger partial charge in [-0.2, -0.15) is 0 Å². The first-order chi connectivity index (χ1) is 11.2. The van der Waals surface area contributed by atoms with E-state index in [0.29, 0.717) is 12.3 Å². The Morgan fingerprint density at radius 2 is 2.04 bits per heavy atom. The number of nitrogens with one attached hydrogen (secondary N) is 2. The smallest absolute Gasteiger partial charge is 0.319 e. The molecule has 0 saturated carbocycles. The SMILES string of the molecule is CCCCOc1ccc(NC(=O)NCc2ncccc2F)cc1. The second-order valence-electron chi connectivity index (χ2n) is 4.97. The lowest BCUT2D eigenvalue weighted by Crippen LogP contribution is -2.28. The first-order valence-corrected chi connectivity index (χ1v) is 7.56. The third kappa shape index (κ3) is 5.58. The fraction of sp³-hybridized carbons (Fsp3) is 0.294. The van der Waals surface area contributed by atoms with Gasteiger partial charge in [0.25, 0.3) is 0 Å². The van der Waals surface area contributed by atoms with Crippen LogP contribution in [0.15, 0.2) is 42.6 Å². The molecular formula is C17H20FN3O2. The number of benzene rings is 1. The Labute approximate surface area is 134 Å². The summed E-state index contributed by atoms with van der Waals surface area (Å²) in [6.45, 7) is 2.81. The van der Waals surface area contributed by atoms with Gasteiger partial charge in [-0.3, -0.25) is 4.98 Å². The topological polar surface area (TPSA) is 63.2 Å². The molecule has 5 nitrogen and oxygen atoms in total. The average Bonchev–Trinajstić information content (AvgIpc) is 2.56. The summed E-state index contributed by atoms with van der Waals surface area (Å²) < 4.78 is 18.9. The lowest BCUT2D eigenvalue weighted by atomic mass is 10.3. The van der Waals surface area contributed by atoms with Crippen LogP contribution in [0.25, 0.3) is 0 Å². The number of halogens is 1. The Hall–Kier alpha value is -2.63. The van der Waals surface area contributed by atoms with Crippen LogP contribution in [0.5, 0.6) is 5.75 Å². The van der Waals surface area contributed by atoms with Crippen molar-refractivity contribution in [3.8, 4) is 5.75 Å². The highest BCUT2D eigenvalue weighted by atomic mass is 19.1. The van der Waals surface area contributed by atoms with Crippen LogP contribution < -0.4 is 15.4 Å². The maximum atomic E-state index is 13.4. The number of hydrogen-bond acceptors (Lipinski definition) is 3. The maximum absolute atomic E-state index is 13.4. The molecule has 0 aliphatic carbocycles. The number of urea groups is 1. The van der Waals surface area contributed by atoms with E-state index in [9.17, 15) is 9.18 Å². The molecule has 0 radical (unpaired) electrons. The summed E-state index contributed by atoms with van der Waals surface area (Å²) in [4.78, 5) is 15.7. The first kappa shape index (κ1) is 16.7. The van der Waals surface area contributed by atoms with Crippen LogP contribution in [0, 0.1) is 5.82 Å². The molecule has 0 aliphatic rings. The Kier molecular flexibility index (Phi) is 6.35. The van der Waals surface area contributed by atoms with Crippen molar-refractivity contribution in [2.75, 3.05) is 11.9 Å². The van der Waals surface area contributed by atoms with E-state index >= 15 is 0 Å². The fourth-order valence-electron chi connectivity index (χ4n) is 1.86. The fourth-order valence-corrected chi connectivity index (χ4v) is 1.86. The van der Waals surface area contributed by atoms with E-state index in [0.717, 1.165) is 18.6 Å². The maximum Gasteiger partial charge on any atom is 0.319 e. The van der Waals surface area contributed by atoms with E-state index < -0.39 is 11.8 Å². The molecule has 0 atom stereocenters. The molecule has 2 N–H and O–H groups in total. The van der Waals surface area contributed by atoms with E-state index in [-0.39, 0.29) is 12.2 Å². The molecule has 1 aromatic carbocycles. The van der Waals surface area contributed by atoms with E-state index in [1.807, 2.05) is 0 Å². The van der Waals surface area contributed by atoms with Crippen molar-refractivity contribution in [1.82, 2.24) is 10.3 Å².